The van der Waals surface area contributed by atoms with Crippen molar-refractivity contribution in [1.82, 2.24) is 9.97 Å². The first-order valence-corrected chi connectivity index (χ1v) is 8.74. The molecule has 3 aliphatic rings. The fraction of sp³-hybridized carbons (Fsp3) is 0.474. The van der Waals surface area contributed by atoms with Crippen LogP contribution < -0.4 is 9.80 Å². The van der Waals surface area contributed by atoms with Gasteiger partial charge in [-0.25, -0.2) is 9.97 Å². The maximum absolute atomic E-state index is 4.54. The average molecular weight is 306 g/mol. The molecule has 2 saturated heterocycles. The van der Waals surface area contributed by atoms with Crippen molar-refractivity contribution >= 4 is 11.5 Å². The number of rotatable bonds is 3. The lowest BCUT2D eigenvalue weighted by atomic mass is 10.0. The van der Waals surface area contributed by atoms with Gasteiger partial charge in [0.25, 0.3) is 0 Å². The predicted octanol–water partition coefficient (Wildman–Crippen LogP) is 2.93. The predicted molar refractivity (Wildman–Crippen MR) is 91.9 cm³/mol. The van der Waals surface area contributed by atoms with Crippen LogP contribution in [0.5, 0.6) is 0 Å². The molecule has 2 aliphatic heterocycles. The van der Waals surface area contributed by atoms with E-state index in [9.17, 15) is 0 Å². The molecule has 0 spiro atoms. The third-order valence-electron chi connectivity index (χ3n) is 5.60. The van der Waals surface area contributed by atoms with Gasteiger partial charge in [0.05, 0.1) is 0 Å². The molecular weight excluding hydrogens is 284 g/mol. The molecule has 1 saturated carbocycles. The summed E-state index contributed by atoms with van der Waals surface area (Å²) in [5, 5.41) is 0. The maximum atomic E-state index is 4.54. The summed E-state index contributed by atoms with van der Waals surface area (Å²) in [7, 11) is 0. The fourth-order valence-corrected chi connectivity index (χ4v) is 4.17. The van der Waals surface area contributed by atoms with Crippen molar-refractivity contribution in [2.45, 2.75) is 18.8 Å². The summed E-state index contributed by atoms with van der Waals surface area (Å²) < 4.78 is 0. The third kappa shape index (κ3) is 2.46. The number of fused-ring (bicyclic) bond motifs is 1. The minimum Gasteiger partial charge on any atom is -0.371 e. The maximum Gasteiger partial charge on any atom is 0.132 e. The summed E-state index contributed by atoms with van der Waals surface area (Å²) in [4.78, 5) is 14.0. The van der Waals surface area contributed by atoms with Crippen LogP contribution in [0.3, 0.4) is 0 Å². The van der Waals surface area contributed by atoms with Gasteiger partial charge in [-0.05, 0) is 25.0 Å². The minimum absolute atomic E-state index is 0.701. The van der Waals surface area contributed by atoms with Crippen molar-refractivity contribution < 1.29 is 0 Å². The molecule has 2 aromatic rings. The second-order valence-electron chi connectivity index (χ2n) is 7.24. The van der Waals surface area contributed by atoms with Crippen LogP contribution in [0.15, 0.2) is 42.7 Å². The summed E-state index contributed by atoms with van der Waals surface area (Å²) >= 11 is 0. The normalized spacial score (nSPS) is 26.6. The van der Waals surface area contributed by atoms with Gasteiger partial charge in [-0.1, -0.05) is 18.2 Å². The average Bonchev–Trinajstić information content (AvgIpc) is 3.26. The second kappa shape index (κ2) is 5.22. The Morgan fingerprint density at radius 3 is 2.22 bits per heavy atom. The molecule has 5 rings (SSSR count). The summed E-state index contributed by atoms with van der Waals surface area (Å²) in [6.07, 6.45) is 4.36. The molecule has 118 valence electrons. The number of nitrogens with zero attached hydrogens (tertiary/aromatic N) is 4. The van der Waals surface area contributed by atoms with Crippen LogP contribution in [0, 0.1) is 11.8 Å². The highest BCUT2D eigenvalue weighted by atomic mass is 15.3. The topological polar surface area (TPSA) is 32.3 Å². The van der Waals surface area contributed by atoms with E-state index < -0.39 is 0 Å². The van der Waals surface area contributed by atoms with Crippen molar-refractivity contribution in [2.75, 3.05) is 36.0 Å². The number of benzene rings is 1. The van der Waals surface area contributed by atoms with Crippen molar-refractivity contribution in [2.24, 2.45) is 11.8 Å². The highest BCUT2D eigenvalue weighted by Gasteiger charge is 2.40. The molecule has 0 N–H and O–H groups in total. The smallest absolute Gasteiger partial charge is 0.132 e. The quantitative estimate of drug-likeness (QED) is 0.873. The lowest BCUT2D eigenvalue weighted by Crippen LogP contribution is -2.29. The van der Waals surface area contributed by atoms with E-state index in [-0.39, 0.29) is 0 Å². The van der Waals surface area contributed by atoms with E-state index in [1.165, 1.54) is 37.3 Å². The van der Waals surface area contributed by atoms with Crippen molar-refractivity contribution in [1.29, 1.82) is 0 Å². The van der Waals surface area contributed by atoms with E-state index >= 15 is 0 Å². The molecule has 4 nitrogen and oxygen atoms in total. The Morgan fingerprint density at radius 1 is 0.826 bits per heavy atom. The van der Waals surface area contributed by atoms with E-state index in [1.807, 2.05) is 0 Å². The first kappa shape index (κ1) is 13.3. The van der Waals surface area contributed by atoms with Gasteiger partial charge in [0.15, 0.2) is 0 Å². The fourth-order valence-electron chi connectivity index (χ4n) is 4.17. The standard InChI is InChI=1S/C19H22N4/c1-2-4-17(5-3-1)22-9-15-11-23(12-16(15)10-22)19-8-18(14-6-7-14)20-13-21-19/h1-5,8,13-16H,6-7,9-12H2. The molecule has 2 atom stereocenters. The Morgan fingerprint density at radius 2 is 1.52 bits per heavy atom. The molecule has 2 unspecified atom stereocenters. The van der Waals surface area contributed by atoms with E-state index in [0.717, 1.165) is 30.7 Å². The molecule has 23 heavy (non-hydrogen) atoms. The summed E-state index contributed by atoms with van der Waals surface area (Å²) in [6.45, 7) is 4.61. The molecular formula is C19H22N4. The molecule has 4 heteroatoms. The lowest BCUT2D eigenvalue weighted by molar-refractivity contribution is 0.533. The largest absolute Gasteiger partial charge is 0.371 e. The first-order chi connectivity index (χ1) is 11.4. The Balaban J connectivity index is 1.29. The summed E-state index contributed by atoms with van der Waals surface area (Å²) in [5.41, 5.74) is 2.62. The van der Waals surface area contributed by atoms with Gasteiger partial charge in [0, 0.05) is 61.4 Å². The molecule has 1 aromatic carbocycles. The molecule has 0 radical (unpaired) electrons. The van der Waals surface area contributed by atoms with Crippen LogP contribution in [-0.2, 0) is 0 Å². The Labute approximate surface area is 137 Å². The zero-order valence-corrected chi connectivity index (χ0v) is 13.3. The van der Waals surface area contributed by atoms with Crippen molar-refractivity contribution in [3.05, 3.63) is 48.4 Å². The molecule has 1 aliphatic carbocycles. The van der Waals surface area contributed by atoms with Crippen LogP contribution >= 0.6 is 0 Å². The van der Waals surface area contributed by atoms with E-state index in [0.29, 0.717) is 5.92 Å². The van der Waals surface area contributed by atoms with Gasteiger partial charge < -0.3 is 9.80 Å². The van der Waals surface area contributed by atoms with Gasteiger partial charge >= 0.3 is 0 Å². The lowest BCUT2D eigenvalue weighted by Gasteiger charge is -2.23. The number of anilines is 2. The zero-order chi connectivity index (χ0) is 15.2. The van der Waals surface area contributed by atoms with Crippen LogP contribution in [0.4, 0.5) is 11.5 Å². The molecule has 0 bridgehead atoms. The molecule has 0 amide bonds. The van der Waals surface area contributed by atoms with Crippen LogP contribution in [0.2, 0.25) is 0 Å². The zero-order valence-electron chi connectivity index (χ0n) is 13.3. The number of hydrogen-bond donors (Lipinski definition) is 0. The summed E-state index contributed by atoms with van der Waals surface area (Å²) in [6, 6.07) is 13.0. The van der Waals surface area contributed by atoms with Gasteiger partial charge in [-0.15, -0.1) is 0 Å². The van der Waals surface area contributed by atoms with Crippen LogP contribution in [0.1, 0.15) is 24.5 Å². The molecule has 3 fully saturated rings. The van der Waals surface area contributed by atoms with Gasteiger partial charge in [0.2, 0.25) is 0 Å². The Hall–Kier alpha value is -2.10. The number of aromatic nitrogens is 2. The summed E-state index contributed by atoms with van der Waals surface area (Å²) in [5.74, 6) is 3.36. The van der Waals surface area contributed by atoms with Crippen LogP contribution in [-0.4, -0.2) is 36.1 Å². The van der Waals surface area contributed by atoms with Crippen molar-refractivity contribution in [3.8, 4) is 0 Å². The Bertz CT molecular complexity index is 684. The highest BCUT2D eigenvalue weighted by molar-refractivity contribution is 5.49. The van der Waals surface area contributed by atoms with E-state index in [1.54, 1.807) is 6.33 Å². The molecule has 3 heterocycles. The van der Waals surface area contributed by atoms with Crippen molar-refractivity contribution in [3.63, 3.8) is 0 Å². The highest BCUT2D eigenvalue weighted by Crippen LogP contribution is 2.40. The second-order valence-corrected chi connectivity index (χ2v) is 7.24. The number of hydrogen-bond acceptors (Lipinski definition) is 4. The van der Waals surface area contributed by atoms with Crippen LogP contribution in [0.25, 0.3) is 0 Å². The van der Waals surface area contributed by atoms with E-state index in [4.69, 9.17) is 0 Å². The third-order valence-corrected chi connectivity index (χ3v) is 5.60. The molecule has 1 aromatic heterocycles. The van der Waals surface area contributed by atoms with Gasteiger partial charge in [-0.2, -0.15) is 0 Å². The monoisotopic (exact) mass is 306 g/mol. The first-order valence-electron chi connectivity index (χ1n) is 8.74. The van der Waals surface area contributed by atoms with Gasteiger partial charge in [0.1, 0.15) is 12.1 Å². The van der Waals surface area contributed by atoms with Gasteiger partial charge in [-0.3, -0.25) is 0 Å². The number of para-hydroxylation sites is 1. The SMILES string of the molecule is c1ccc(N2CC3CN(c4cc(C5CC5)ncn4)CC3C2)cc1. The minimum atomic E-state index is 0.701. The van der Waals surface area contributed by atoms with E-state index in [2.05, 4.69) is 56.2 Å². The Kier molecular flexibility index (Phi) is 3.03.